The van der Waals surface area contributed by atoms with Crippen LogP contribution in [0.25, 0.3) is 0 Å². The fourth-order valence-corrected chi connectivity index (χ4v) is 6.47. The van der Waals surface area contributed by atoms with E-state index in [4.69, 9.17) is 11.8 Å². The van der Waals surface area contributed by atoms with Crippen LogP contribution in [-0.4, -0.2) is 0 Å². The normalized spacial score (nSPS) is 13.5. The van der Waals surface area contributed by atoms with Crippen molar-refractivity contribution in [2.45, 2.75) is 13.8 Å². The summed E-state index contributed by atoms with van der Waals surface area (Å²) in [5, 5.41) is 3.77. The standard InChI is InChI=1S/C20H19PS/c1-16-11-13-19(14-12-16)21(22,18-8-4-3-5-9-18)20-10-6-7-17(2)15-20/h3-15H,1-2H3. The van der Waals surface area contributed by atoms with Crippen molar-refractivity contribution in [2.75, 3.05) is 0 Å². The predicted molar refractivity (Wildman–Crippen MR) is 102 cm³/mol. The summed E-state index contributed by atoms with van der Waals surface area (Å²) >= 11 is 6.32. The van der Waals surface area contributed by atoms with Gasteiger partial charge < -0.3 is 0 Å². The molecule has 0 saturated carbocycles. The van der Waals surface area contributed by atoms with Gasteiger partial charge in [-0.15, -0.1) is 0 Å². The number of rotatable bonds is 3. The first-order valence-electron chi connectivity index (χ1n) is 7.41. The average molecular weight is 322 g/mol. The number of hydrogen-bond donors (Lipinski definition) is 0. The van der Waals surface area contributed by atoms with Gasteiger partial charge in [0.2, 0.25) is 0 Å². The SMILES string of the molecule is Cc1ccc(P(=S)(c2ccccc2)c2cccc(C)c2)cc1. The lowest BCUT2D eigenvalue weighted by molar-refractivity contribution is 1.49. The molecule has 110 valence electrons. The van der Waals surface area contributed by atoms with Gasteiger partial charge >= 0.3 is 0 Å². The van der Waals surface area contributed by atoms with E-state index in [1.54, 1.807) is 0 Å². The molecule has 0 fully saturated rings. The second kappa shape index (κ2) is 6.20. The topological polar surface area (TPSA) is 0 Å². The van der Waals surface area contributed by atoms with E-state index in [0.717, 1.165) is 0 Å². The molecule has 0 spiro atoms. The molecule has 0 amide bonds. The molecular weight excluding hydrogens is 303 g/mol. The lowest BCUT2D eigenvalue weighted by atomic mass is 10.2. The molecule has 3 rings (SSSR count). The zero-order chi connectivity index (χ0) is 15.6. The molecule has 0 aliphatic heterocycles. The van der Waals surface area contributed by atoms with Gasteiger partial charge in [0.05, 0.1) is 0 Å². The highest BCUT2D eigenvalue weighted by molar-refractivity contribution is 8.25. The zero-order valence-corrected chi connectivity index (χ0v) is 14.6. The molecule has 0 bridgehead atoms. The number of benzene rings is 3. The van der Waals surface area contributed by atoms with Gasteiger partial charge in [0, 0.05) is 6.04 Å². The summed E-state index contributed by atoms with van der Waals surface area (Å²) in [6, 6.07) is 26.0. The van der Waals surface area contributed by atoms with E-state index in [9.17, 15) is 0 Å². The third kappa shape index (κ3) is 2.79. The third-order valence-electron chi connectivity index (χ3n) is 3.88. The van der Waals surface area contributed by atoms with Crippen LogP contribution in [0.4, 0.5) is 0 Å². The van der Waals surface area contributed by atoms with E-state index in [0.29, 0.717) is 0 Å². The second-order valence-corrected chi connectivity index (χ2v) is 10.0. The quantitative estimate of drug-likeness (QED) is 0.655. The molecule has 0 aliphatic carbocycles. The van der Waals surface area contributed by atoms with Gasteiger partial charge in [-0.2, -0.15) is 0 Å². The van der Waals surface area contributed by atoms with Crippen molar-refractivity contribution in [1.29, 1.82) is 0 Å². The maximum Gasteiger partial charge on any atom is 0.0379 e. The first-order chi connectivity index (χ1) is 10.6. The van der Waals surface area contributed by atoms with Crippen molar-refractivity contribution >= 4 is 33.8 Å². The fourth-order valence-electron chi connectivity index (χ4n) is 2.66. The van der Waals surface area contributed by atoms with Crippen molar-refractivity contribution < 1.29 is 0 Å². The summed E-state index contributed by atoms with van der Waals surface area (Å²) < 4.78 is 0. The average Bonchev–Trinajstić information content (AvgIpc) is 2.55. The van der Waals surface area contributed by atoms with Crippen LogP contribution in [0, 0.1) is 13.8 Å². The minimum absolute atomic E-state index is 1.25. The largest absolute Gasteiger partial charge is 0.0826 e. The molecule has 0 saturated heterocycles. The van der Waals surface area contributed by atoms with E-state index in [1.807, 2.05) is 0 Å². The van der Waals surface area contributed by atoms with Crippen LogP contribution in [0.2, 0.25) is 0 Å². The Balaban J connectivity index is 2.27. The summed E-state index contributed by atoms with van der Waals surface area (Å²) in [7, 11) is 0. The lowest BCUT2D eigenvalue weighted by Gasteiger charge is -2.24. The molecule has 0 radical (unpaired) electrons. The van der Waals surface area contributed by atoms with E-state index in [1.165, 1.54) is 27.0 Å². The minimum atomic E-state index is -1.99. The monoisotopic (exact) mass is 322 g/mol. The first-order valence-corrected chi connectivity index (χ1v) is 10.2. The Bertz CT molecular complexity index is 820. The summed E-state index contributed by atoms with van der Waals surface area (Å²) in [6.45, 7) is 4.24. The summed E-state index contributed by atoms with van der Waals surface area (Å²) in [5.74, 6) is 0. The first kappa shape index (κ1) is 15.2. The van der Waals surface area contributed by atoms with Gasteiger partial charge in [-0.05, 0) is 29.8 Å². The Kier molecular flexibility index (Phi) is 4.29. The van der Waals surface area contributed by atoms with E-state index in [-0.39, 0.29) is 0 Å². The summed E-state index contributed by atoms with van der Waals surface area (Å²) in [6.07, 6.45) is 0. The van der Waals surface area contributed by atoms with E-state index in [2.05, 4.69) is 92.7 Å². The van der Waals surface area contributed by atoms with Crippen LogP contribution >= 0.6 is 6.04 Å². The second-order valence-electron chi connectivity index (χ2n) is 5.62. The predicted octanol–water partition coefficient (Wildman–Crippen LogP) is 4.06. The molecule has 0 nitrogen and oxygen atoms in total. The maximum absolute atomic E-state index is 6.32. The zero-order valence-electron chi connectivity index (χ0n) is 12.9. The van der Waals surface area contributed by atoms with Crippen LogP contribution in [0.3, 0.4) is 0 Å². The van der Waals surface area contributed by atoms with Crippen LogP contribution in [0.15, 0.2) is 78.9 Å². The van der Waals surface area contributed by atoms with Crippen LogP contribution in [0.5, 0.6) is 0 Å². The highest BCUT2D eigenvalue weighted by Crippen LogP contribution is 2.42. The molecule has 2 heteroatoms. The van der Waals surface area contributed by atoms with Gasteiger partial charge in [-0.25, -0.2) is 0 Å². The Labute approximate surface area is 137 Å². The van der Waals surface area contributed by atoms with Crippen molar-refractivity contribution in [2.24, 2.45) is 0 Å². The van der Waals surface area contributed by atoms with Crippen molar-refractivity contribution in [1.82, 2.24) is 0 Å². The minimum Gasteiger partial charge on any atom is -0.0826 e. The third-order valence-corrected chi connectivity index (χ3v) is 8.84. The van der Waals surface area contributed by atoms with Crippen molar-refractivity contribution in [3.63, 3.8) is 0 Å². The van der Waals surface area contributed by atoms with Crippen LogP contribution < -0.4 is 15.9 Å². The van der Waals surface area contributed by atoms with Crippen LogP contribution in [0.1, 0.15) is 11.1 Å². The number of aryl methyl sites for hydroxylation is 2. The van der Waals surface area contributed by atoms with Crippen molar-refractivity contribution in [3.05, 3.63) is 90.0 Å². The van der Waals surface area contributed by atoms with Gasteiger partial charge in [0.15, 0.2) is 0 Å². The molecule has 1 unspecified atom stereocenters. The fraction of sp³-hybridized carbons (Fsp3) is 0.100. The van der Waals surface area contributed by atoms with Gasteiger partial charge in [0.1, 0.15) is 0 Å². The molecular formula is C20H19PS. The molecule has 1 atom stereocenters. The Morgan fingerprint density at radius 1 is 0.591 bits per heavy atom. The summed E-state index contributed by atoms with van der Waals surface area (Å²) in [5.41, 5.74) is 2.53. The lowest BCUT2D eigenvalue weighted by Crippen LogP contribution is -2.24. The van der Waals surface area contributed by atoms with Gasteiger partial charge in [-0.3, -0.25) is 0 Å². The Morgan fingerprint density at radius 3 is 1.82 bits per heavy atom. The molecule has 0 aliphatic rings. The molecule has 0 N–H and O–H groups in total. The Morgan fingerprint density at radius 2 is 1.18 bits per heavy atom. The molecule has 0 heterocycles. The van der Waals surface area contributed by atoms with Crippen molar-refractivity contribution in [3.8, 4) is 0 Å². The van der Waals surface area contributed by atoms with E-state index >= 15 is 0 Å². The Hall–Kier alpha value is -1.69. The smallest absolute Gasteiger partial charge is 0.0379 e. The maximum atomic E-state index is 6.32. The molecule has 3 aromatic carbocycles. The van der Waals surface area contributed by atoms with Crippen LogP contribution in [-0.2, 0) is 11.8 Å². The molecule has 22 heavy (non-hydrogen) atoms. The van der Waals surface area contributed by atoms with Gasteiger partial charge in [-0.1, -0.05) is 102 Å². The number of hydrogen-bond acceptors (Lipinski definition) is 1. The highest BCUT2D eigenvalue weighted by atomic mass is 32.4. The molecule has 3 aromatic rings. The molecule has 0 aromatic heterocycles. The van der Waals surface area contributed by atoms with Gasteiger partial charge in [0.25, 0.3) is 0 Å². The summed E-state index contributed by atoms with van der Waals surface area (Å²) in [4.78, 5) is 0. The van der Waals surface area contributed by atoms with E-state index < -0.39 is 6.04 Å². The highest BCUT2D eigenvalue weighted by Gasteiger charge is 2.24.